The lowest BCUT2D eigenvalue weighted by molar-refractivity contribution is 0.267. The van der Waals surface area contributed by atoms with Gasteiger partial charge in [0, 0.05) is 0 Å². The van der Waals surface area contributed by atoms with Gasteiger partial charge in [-0.15, -0.1) is 0 Å². The molecule has 0 spiro atoms. The molecule has 0 saturated carbocycles. The van der Waals surface area contributed by atoms with Crippen molar-refractivity contribution in [3.63, 3.8) is 0 Å². The summed E-state index contributed by atoms with van der Waals surface area (Å²) >= 11 is 0. The van der Waals surface area contributed by atoms with Crippen molar-refractivity contribution < 1.29 is 14.7 Å². The van der Waals surface area contributed by atoms with Gasteiger partial charge in [-0.3, -0.25) is 0 Å². The van der Waals surface area contributed by atoms with Gasteiger partial charge in [-0.25, -0.2) is 0 Å². The maximum atomic E-state index is 7.66. The first-order valence-electron chi connectivity index (χ1n) is 1.18. The van der Waals surface area contributed by atoms with Crippen molar-refractivity contribution in [2.45, 2.75) is 0 Å². The highest BCUT2D eigenvalue weighted by Gasteiger charge is 2.06. The number of hydrogen-bond donors (Lipinski definition) is 3. The molecule has 0 aliphatic carbocycles. The molecule has 0 aromatic heterocycles. The van der Waals surface area contributed by atoms with E-state index in [4.69, 9.17) is 15.3 Å². The molecule has 0 aromatic carbocycles. The molecule has 0 bridgehead atoms. The molecule has 0 amide bonds. The Balaban J connectivity index is 0. The van der Waals surface area contributed by atoms with E-state index >= 15 is 0 Å². The maximum absolute atomic E-state index is 7.66. The third-order valence-corrected chi connectivity index (χ3v) is 0.158. The van der Waals surface area contributed by atoms with Crippen molar-refractivity contribution in [3.8, 4) is 6.26 Å². The molecule has 0 radical (unpaired) electrons. The van der Waals surface area contributed by atoms with E-state index < -0.39 is 7.32 Å². The zero-order valence-electron chi connectivity index (χ0n) is 3.53. The monoisotopic (exact) mass is 104 g/mol. The number of nitrogens with zero attached hydrogens (tertiary/aromatic N) is 1. The van der Waals surface area contributed by atoms with Crippen molar-refractivity contribution >= 4 is 7.32 Å². The van der Waals surface area contributed by atoms with Crippen LogP contribution in [0.15, 0.2) is 0 Å². The normalized spacial score (nSPS) is 5.29. The van der Waals surface area contributed by atoms with Gasteiger partial charge in [-0.2, -0.15) is 5.26 Å². The Morgan fingerprint density at radius 1 is 1.57 bits per heavy atom. The second kappa shape index (κ2) is 5.23. The van der Waals surface area contributed by atoms with E-state index in [-0.39, 0.29) is 6.15 Å². The Bertz CT molecular complexity index is 67.8. The highest BCUT2D eigenvalue weighted by atomic mass is 16.6. The lowest BCUT2D eigenvalue weighted by Crippen LogP contribution is -2.12. The standard InChI is InChI=1S/CH2BNO3.H3N/c3-1-6-2(4)5;/h4-5H;1H3. The Hall–Kier alpha value is -0.765. The lowest BCUT2D eigenvalue weighted by Gasteiger charge is -1.83. The van der Waals surface area contributed by atoms with Crippen molar-refractivity contribution in [2.24, 2.45) is 0 Å². The van der Waals surface area contributed by atoms with Crippen LogP contribution in [-0.2, 0) is 4.65 Å². The van der Waals surface area contributed by atoms with E-state index in [9.17, 15) is 0 Å². The molecule has 6 heteroatoms. The van der Waals surface area contributed by atoms with E-state index in [2.05, 4.69) is 4.65 Å². The fourth-order valence-electron chi connectivity index (χ4n) is 0.0471. The summed E-state index contributed by atoms with van der Waals surface area (Å²) in [6.07, 6.45) is 1.07. The minimum Gasteiger partial charge on any atom is -0.442 e. The van der Waals surface area contributed by atoms with Gasteiger partial charge < -0.3 is 20.9 Å². The van der Waals surface area contributed by atoms with E-state index in [1.54, 1.807) is 0 Å². The molecule has 0 heterocycles. The third kappa shape index (κ3) is 11.0. The minimum absolute atomic E-state index is 0. The molecule has 0 unspecified atom stereocenters. The second-order valence-corrected chi connectivity index (χ2v) is 0.535. The van der Waals surface area contributed by atoms with Crippen LogP contribution in [0.1, 0.15) is 0 Å². The maximum Gasteiger partial charge on any atom is 0.717 e. The Labute approximate surface area is 40.9 Å². The first-order chi connectivity index (χ1) is 2.77. The van der Waals surface area contributed by atoms with E-state index in [1.807, 2.05) is 0 Å². The summed E-state index contributed by atoms with van der Waals surface area (Å²) in [6.45, 7) is 0. The average Bonchev–Trinajstić information content (AvgIpc) is 1.35. The second-order valence-electron chi connectivity index (χ2n) is 0.535. The molecular weight excluding hydrogens is 98.8 g/mol. The summed E-state index contributed by atoms with van der Waals surface area (Å²) in [5.74, 6) is 0. The molecule has 0 aliphatic rings. The molecule has 0 atom stereocenters. The number of rotatable bonds is 1. The fourth-order valence-corrected chi connectivity index (χ4v) is 0.0471. The Kier molecular flexibility index (Phi) is 7.12. The highest BCUT2D eigenvalue weighted by Crippen LogP contribution is 1.64. The molecular formula is CH5BN2O3. The topological polar surface area (TPSA) is 108 Å². The van der Waals surface area contributed by atoms with Gasteiger partial charge in [0.2, 0.25) is 0 Å². The Morgan fingerprint density at radius 2 is 2.00 bits per heavy atom. The van der Waals surface area contributed by atoms with Crippen LogP contribution >= 0.6 is 0 Å². The zero-order chi connectivity index (χ0) is 4.99. The van der Waals surface area contributed by atoms with E-state index in [0.29, 0.717) is 0 Å². The quantitative estimate of drug-likeness (QED) is 0.280. The summed E-state index contributed by atoms with van der Waals surface area (Å²) in [6, 6.07) is 0. The van der Waals surface area contributed by atoms with Gasteiger partial charge in [0.05, 0.1) is 0 Å². The molecule has 7 heavy (non-hydrogen) atoms. The summed E-state index contributed by atoms with van der Waals surface area (Å²) in [5.41, 5.74) is 0. The van der Waals surface area contributed by atoms with Crippen LogP contribution in [0, 0.1) is 11.5 Å². The fraction of sp³-hybridized carbons (Fsp3) is 0. The van der Waals surface area contributed by atoms with Crippen molar-refractivity contribution in [1.82, 2.24) is 6.15 Å². The van der Waals surface area contributed by atoms with Gasteiger partial charge in [0.25, 0.3) is 6.26 Å². The molecule has 0 rings (SSSR count). The van der Waals surface area contributed by atoms with Crippen molar-refractivity contribution in [1.29, 1.82) is 5.26 Å². The predicted octanol–water partition coefficient (Wildman–Crippen LogP) is -1.38. The summed E-state index contributed by atoms with van der Waals surface area (Å²) in [7, 11) is -1.96. The molecule has 0 aliphatic heterocycles. The van der Waals surface area contributed by atoms with Crippen molar-refractivity contribution in [3.05, 3.63) is 0 Å². The summed E-state index contributed by atoms with van der Waals surface area (Å²) in [4.78, 5) is 0. The van der Waals surface area contributed by atoms with Crippen LogP contribution in [0.25, 0.3) is 0 Å². The van der Waals surface area contributed by atoms with Gasteiger partial charge >= 0.3 is 7.32 Å². The SMILES string of the molecule is N.N#COB(O)O. The smallest absolute Gasteiger partial charge is 0.442 e. The van der Waals surface area contributed by atoms with Crippen LogP contribution in [-0.4, -0.2) is 17.4 Å². The first kappa shape index (κ1) is 9.53. The molecule has 5 N–H and O–H groups in total. The van der Waals surface area contributed by atoms with Gasteiger partial charge in [0.1, 0.15) is 0 Å². The number of nitriles is 1. The molecule has 0 aromatic rings. The Morgan fingerprint density at radius 3 is 2.00 bits per heavy atom. The van der Waals surface area contributed by atoms with Crippen LogP contribution in [0.5, 0.6) is 0 Å². The van der Waals surface area contributed by atoms with Crippen LogP contribution in [0.3, 0.4) is 0 Å². The molecule has 5 nitrogen and oxygen atoms in total. The number of hydrogen-bond acceptors (Lipinski definition) is 5. The minimum atomic E-state index is -1.96. The van der Waals surface area contributed by atoms with Crippen LogP contribution < -0.4 is 6.15 Å². The van der Waals surface area contributed by atoms with Gasteiger partial charge in [-0.1, -0.05) is 0 Å². The van der Waals surface area contributed by atoms with Crippen LogP contribution in [0.4, 0.5) is 0 Å². The zero-order valence-corrected chi connectivity index (χ0v) is 3.53. The van der Waals surface area contributed by atoms with Crippen LogP contribution in [0.2, 0.25) is 0 Å². The van der Waals surface area contributed by atoms with Gasteiger partial charge in [0.15, 0.2) is 0 Å². The first-order valence-corrected chi connectivity index (χ1v) is 1.18. The van der Waals surface area contributed by atoms with E-state index in [1.165, 1.54) is 0 Å². The molecule has 0 saturated heterocycles. The summed E-state index contributed by atoms with van der Waals surface area (Å²) < 4.78 is 3.46. The van der Waals surface area contributed by atoms with Gasteiger partial charge in [-0.05, 0) is 0 Å². The summed E-state index contributed by atoms with van der Waals surface area (Å²) in [5, 5.41) is 22.8. The average molecular weight is 104 g/mol. The van der Waals surface area contributed by atoms with Crippen molar-refractivity contribution in [2.75, 3.05) is 0 Å². The largest absolute Gasteiger partial charge is 0.717 e. The lowest BCUT2D eigenvalue weighted by atomic mass is 10.3. The molecule has 40 valence electrons. The predicted molar refractivity (Wildman–Crippen MR) is 21.9 cm³/mol. The third-order valence-electron chi connectivity index (χ3n) is 0.158. The molecule has 0 fully saturated rings. The highest BCUT2D eigenvalue weighted by molar-refractivity contribution is 6.33. The van der Waals surface area contributed by atoms with E-state index in [0.717, 1.165) is 6.26 Å².